The monoisotopic (exact) mass is 498 g/mol. The Balaban J connectivity index is 1.75. The summed E-state index contributed by atoms with van der Waals surface area (Å²) in [4.78, 5) is 0. The van der Waals surface area contributed by atoms with Crippen LogP contribution in [0.4, 0.5) is 0 Å². The van der Waals surface area contributed by atoms with E-state index in [1.165, 1.54) is 32.3 Å². The molecule has 0 amide bonds. The molecule has 0 saturated heterocycles. The lowest BCUT2D eigenvalue weighted by molar-refractivity contribution is 0.415. The van der Waals surface area contributed by atoms with Gasteiger partial charge in [-0.25, -0.2) is 0 Å². The first kappa shape index (κ1) is 22.5. The van der Waals surface area contributed by atoms with Crippen molar-refractivity contribution in [2.45, 2.75) is 0 Å². The Kier molecular flexibility index (Phi) is 4.98. The third-order valence-corrected chi connectivity index (χ3v) is 7.77. The number of ether oxygens (including phenoxy) is 4. The molecule has 0 aliphatic heterocycles. The molecule has 0 N–H and O–H groups in total. The number of benzene rings is 7. The van der Waals surface area contributed by atoms with Crippen molar-refractivity contribution in [1.82, 2.24) is 0 Å². The topological polar surface area (TPSA) is 36.9 Å². The summed E-state index contributed by atoms with van der Waals surface area (Å²) in [5.74, 6) is 3.32. The van der Waals surface area contributed by atoms with E-state index in [2.05, 4.69) is 60.7 Å². The maximum atomic E-state index is 5.80. The molecule has 4 heteroatoms. The minimum atomic E-state index is 0.822. The smallest absolute Gasteiger partial charge is 0.120 e. The van der Waals surface area contributed by atoms with Gasteiger partial charge >= 0.3 is 0 Å². The van der Waals surface area contributed by atoms with Gasteiger partial charge < -0.3 is 18.9 Å². The van der Waals surface area contributed by atoms with E-state index >= 15 is 0 Å². The molecular weight excluding hydrogens is 472 g/mol. The highest BCUT2D eigenvalue weighted by atomic mass is 16.5. The lowest BCUT2D eigenvalue weighted by Gasteiger charge is -2.20. The second-order valence-corrected chi connectivity index (χ2v) is 9.60. The molecule has 0 heterocycles. The predicted octanol–water partition coefficient (Wildman–Crippen LogP) is 8.59. The van der Waals surface area contributed by atoms with E-state index in [-0.39, 0.29) is 0 Å². The largest absolute Gasteiger partial charge is 0.497 e. The zero-order valence-corrected chi connectivity index (χ0v) is 21.7. The maximum absolute atomic E-state index is 5.80. The van der Waals surface area contributed by atoms with Crippen LogP contribution in [-0.2, 0) is 0 Å². The van der Waals surface area contributed by atoms with Crippen molar-refractivity contribution in [3.05, 3.63) is 84.9 Å². The molecular formula is C34H26O4. The fourth-order valence-corrected chi connectivity index (χ4v) is 5.93. The van der Waals surface area contributed by atoms with Crippen LogP contribution >= 0.6 is 0 Å². The molecule has 7 aromatic rings. The van der Waals surface area contributed by atoms with E-state index in [1.807, 2.05) is 24.3 Å². The Bertz CT molecular complexity index is 1890. The molecule has 4 nitrogen and oxygen atoms in total. The van der Waals surface area contributed by atoms with Crippen molar-refractivity contribution >= 4 is 53.9 Å². The molecule has 7 rings (SSSR count). The van der Waals surface area contributed by atoms with E-state index in [9.17, 15) is 0 Å². The number of hydrogen-bond donors (Lipinski definition) is 0. The van der Waals surface area contributed by atoms with Crippen LogP contribution in [0.5, 0.6) is 23.0 Å². The quantitative estimate of drug-likeness (QED) is 0.176. The zero-order chi connectivity index (χ0) is 26.0. The van der Waals surface area contributed by atoms with E-state index in [0.717, 1.165) is 55.7 Å². The van der Waals surface area contributed by atoms with Crippen molar-refractivity contribution in [1.29, 1.82) is 0 Å². The number of hydrogen-bond acceptors (Lipinski definition) is 4. The van der Waals surface area contributed by atoms with E-state index in [0.29, 0.717) is 0 Å². The molecule has 0 radical (unpaired) electrons. The highest BCUT2D eigenvalue weighted by molar-refractivity contribution is 6.40. The van der Waals surface area contributed by atoms with Crippen LogP contribution in [0.25, 0.3) is 65.0 Å². The van der Waals surface area contributed by atoms with Gasteiger partial charge in [0.15, 0.2) is 0 Å². The number of methoxy groups -OCH3 is 4. The van der Waals surface area contributed by atoms with Crippen molar-refractivity contribution in [2.24, 2.45) is 0 Å². The lowest BCUT2D eigenvalue weighted by atomic mass is 9.84. The van der Waals surface area contributed by atoms with Gasteiger partial charge in [-0.15, -0.1) is 0 Å². The van der Waals surface area contributed by atoms with E-state index in [1.54, 1.807) is 28.4 Å². The Hall–Kier alpha value is -4.70. The zero-order valence-electron chi connectivity index (χ0n) is 21.7. The fourth-order valence-electron chi connectivity index (χ4n) is 5.93. The van der Waals surface area contributed by atoms with Gasteiger partial charge in [0.05, 0.1) is 28.4 Å². The van der Waals surface area contributed by atoms with Crippen molar-refractivity contribution in [3.63, 3.8) is 0 Å². The average Bonchev–Trinajstić information content (AvgIpc) is 2.99. The van der Waals surface area contributed by atoms with Gasteiger partial charge in [0, 0.05) is 0 Å². The van der Waals surface area contributed by atoms with Gasteiger partial charge in [-0.2, -0.15) is 0 Å². The summed E-state index contributed by atoms with van der Waals surface area (Å²) in [6.45, 7) is 0. The Morgan fingerprint density at radius 1 is 0.316 bits per heavy atom. The summed E-state index contributed by atoms with van der Waals surface area (Å²) >= 11 is 0. The molecule has 0 aliphatic rings. The molecule has 186 valence electrons. The van der Waals surface area contributed by atoms with Crippen LogP contribution in [0.15, 0.2) is 84.9 Å². The lowest BCUT2D eigenvalue weighted by Crippen LogP contribution is -1.94. The standard InChI is InChI=1S/C34H26O4/c1-35-21-7-5-19(6-8-21)20-13-29-25-11-9-22(36-2)15-27(25)31-17-24(38-4)18-32-28-16-23(37-3)10-12-26(28)30(14-20)33(29)34(31)32/h5-18H,1-4H3. The minimum absolute atomic E-state index is 0.822. The second-order valence-electron chi connectivity index (χ2n) is 9.60. The third kappa shape index (κ3) is 3.16. The minimum Gasteiger partial charge on any atom is -0.497 e. The third-order valence-electron chi connectivity index (χ3n) is 7.77. The summed E-state index contributed by atoms with van der Waals surface area (Å²) in [6.07, 6.45) is 0. The summed E-state index contributed by atoms with van der Waals surface area (Å²) in [6, 6.07) is 29.9. The molecule has 0 fully saturated rings. The van der Waals surface area contributed by atoms with Crippen LogP contribution in [-0.4, -0.2) is 28.4 Å². The van der Waals surface area contributed by atoms with Crippen molar-refractivity contribution < 1.29 is 18.9 Å². The van der Waals surface area contributed by atoms with Crippen LogP contribution in [0, 0.1) is 0 Å². The van der Waals surface area contributed by atoms with Gasteiger partial charge in [-0.1, -0.05) is 24.3 Å². The molecule has 0 aliphatic carbocycles. The van der Waals surface area contributed by atoms with Gasteiger partial charge in [0.1, 0.15) is 23.0 Å². The summed E-state index contributed by atoms with van der Waals surface area (Å²) in [7, 11) is 6.84. The van der Waals surface area contributed by atoms with Crippen molar-refractivity contribution in [3.8, 4) is 34.1 Å². The highest BCUT2D eigenvalue weighted by Crippen LogP contribution is 2.48. The first-order valence-corrected chi connectivity index (χ1v) is 12.6. The number of rotatable bonds is 5. The normalized spacial score (nSPS) is 11.7. The molecule has 0 aromatic heterocycles. The first-order valence-electron chi connectivity index (χ1n) is 12.6. The summed E-state index contributed by atoms with van der Waals surface area (Å²) < 4.78 is 22.5. The van der Waals surface area contributed by atoms with Crippen molar-refractivity contribution in [2.75, 3.05) is 28.4 Å². The Labute approximate surface area is 220 Å². The van der Waals surface area contributed by atoms with Gasteiger partial charge in [0.2, 0.25) is 0 Å². The maximum Gasteiger partial charge on any atom is 0.120 e. The number of fused-ring (bicyclic) bond motifs is 6. The first-order chi connectivity index (χ1) is 18.6. The summed E-state index contributed by atoms with van der Waals surface area (Å²) in [5.41, 5.74) is 2.30. The van der Waals surface area contributed by atoms with Crippen LogP contribution < -0.4 is 18.9 Å². The van der Waals surface area contributed by atoms with Crippen LogP contribution in [0.3, 0.4) is 0 Å². The second kappa shape index (κ2) is 8.42. The Morgan fingerprint density at radius 3 is 1.16 bits per heavy atom. The molecule has 0 bridgehead atoms. The van der Waals surface area contributed by atoms with E-state index in [4.69, 9.17) is 18.9 Å². The molecule has 0 atom stereocenters. The van der Waals surface area contributed by atoms with Crippen LogP contribution in [0.1, 0.15) is 0 Å². The predicted molar refractivity (Wildman–Crippen MR) is 157 cm³/mol. The average molecular weight is 499 g/mol. The Morgan fingerprint density at radius 2 is 0.711 bits per heavy atom. The molecule has 7 aromatic carbocycles. The molecule has 0 saturated carbocycles. The highest BCUT2D eigenvalue weighted by Gasteiger charge is 2.20. The van der Waals surface area contributed by atoms with Crippen LogP contribution in [0.2, 0.25) is 0 Å². The van der Waals surface area contributed by atoms with Gasteiger partial charge in [0.25, 0.3) is 0 Å². The van der Waals surface area contributed by atoms with Gasteiger partial charge in [-0.3, -0.25) is 0 Å². The fraction of sp³-hybridized carbons (Fsp3) is 0.118. The molecule has 0 spiro atoms. The molecule has 0 unspecified atom stereocenters. The SMILES string of the molecule is COc1ccc(-c2cc3c4ccc(OC)cc4c4cc(OC)cc5c6cc(OC)ccc6c(c2)c3c45)cc1. The molecule has 38 heavy (non-hydrogen) atoms. The summed E-state index contributed by atoms with van der Waals surface area (Å²) in [5, 5.41) is 11.8. The van der Waals surface area contributed by atoms with Gasteiger partial charge in [-0.05, 0) is 126 Å². The van der Waals surface area contributed by atoms with E-state index < -0.39 is 0 Å².